The number of nitrogens with one attached hydrogen (secondary N) is 1. The lowest BCUT2D eigenvalue weighted by atomic mass is 10.1. The van der Waals surface area contributed by atoms with E-state index in [0.29, 0.717) is 10.9 Å². The first kappa shape index (κ1) is 17.9. The van der Waals surface area contributed by atoms with Gasteiger partial charge >= 0.3 is 12.0 Å². The van der Waals surface area contributed by atoms with Crippen molar-refractivity contribution in [3.05, 3.63) is 61.3 Å². The van der Waals surface area contributed by atoms with Gasteiger partial charge in [-0.2, -0.15) is 0 Å². The van der Waals surface area contributed by atoms with Gasteiger partial charge in [0.1, 0.15) is 5.82 Å². The summed E-state index contributed by atoms with van der Waals surface area (Å²) in [5.74, 6) is -1.02. The molecule has 26 heavy (non-hydrogen) atoms. The van der Waals surface area contributed by atoms with E-state index in [4.69, 9.17) is 0 Å². The maximum atomic E-state index is 12.5. The number of rotatable bonds is 3. The van der Waals surface area contributed by atoms with Crippen LogP contribution in [-0.4, -0.2) is 21.3 Å². The SMILES string of the molecule is O=c1[nH]c(-c2cc(Br)c(OC(F)(F)F)c([N+](=O)[O-])c2)nc2ccccc12. The molecule has 0 saturated carbocycles. The minimum absolute atomic E-state index is 0.0314. The minimum atomic E-state index is -5.11. The smallest absolute Gasteiger partial charge is 0.397 e. The van der Waals surface area contributed by atoms with E-state index in [2.05, 4.69) is 30.6 Å². The monoisotopic (exact) mass is 429 g/mol. The molecule has 0 amide bonds. The number of nitro groups is 1. The highest BCUT2D eigenvalue weighted by Gasteiger charge is 2.36. The van der Waals surface area contributed by atoms with Gasteiger partial charge in [0.15, 0.2) is 0 Å². The third-order valence-corrected chi connectivity index (χ3v) is 3.91. The number of aromatic amines is 1. The number of ether oxygens (including phenoxy) is 1. The number of para-hydroxylation sites is 1. The maximum absolute atomic E-state index is 12.5. The average Bonchev–Trinajstić information content (AvgIpc) is 2.55. The maximum Gasteiger partial charge on any atom is 0.573 e. The van der Waals surface area contributed by atoms with Crippen molar-refractivity contribution in [1.29, 1.82) is 0 Å². The van der Waals surface area contributed by atoms with E-state index in [1.54, 1.807) is 24.3 Å². The van der Waals surface area contributed by atoms with Crippen molar-refractivity contribution in [1.82, 2.24) is 9.97 Å². The lowest BCUT2D eigenvalue weighted by Crippen LogP contribution is -2.18. The van der Waals surface area contributed by atoms with Gasteiger partial charge in [-0.15, -0.1) is 13.2 Å². The highest BCUT2D eigenvalue weighted by molar-refractivity contribution is 9.10. The average molecular weight is 430 g/mol. The number of alkyl halides is 3. The van der Waals surface area contributed by atoms with Crippen molar-refractivity contribution in [2.24, 2.45) is 0 Å². The highest BCUT2D eigenvalue weighted by Crippen LogP contribution is 2.41. The summed E-state index contributed by atoms with van der Waals surface area (Å²) in [7, 11) is 0. The molecule has 1 aromatic heterocycles. The molecule has 0 atom stereocenters. The van der Waals surface area contributed by atoms with Crippen LogP contribution < -0.4 is 10.3 Å². The number of fused-ring (bicyclic) bond motifs is 1. The van der Waals surface area contributed by atoms with E-state index in [0.717, 1.165) is 12.1 Å². The second-order valence-corrected chi connectivity index (χ2v) is 5.90. The zero-order chi connectivity index (χ0) is 19.1. The van der Waals surface area contributed by atoms with Crippen molar-refractivity contribution >= 4 is 32.5 Å². The third-order valence-electron chi connectivity index (χ3n) is 3.32. The van der Waals surface area contributed by atoms with Crippen LogP contribution in [0.5, 0.6) is 5.75 Å². The van der Waals surface area contributed by atoms with Gasteiger partial charge in [-0.25, -0.2) is 4.98 Å². The van der Waals surface area contributed by atoms with Crippen LogP contribution in [0, 0.1) is 10.1 Å². The van der Waals surface area contributed by atoms with Gasteiger partial charge in [-0.3, -0.25) is 14.9 Å². The molecule has 0 aliphatic rings. The van der Waals surface area contributed by atoms with E-state index in [1.807, 2.05) is 0 Å². The third kappa shape index (κ3) is 3.52. The van der Waals surface area contributed by atoms with E-state index in [1.165, 1.54) is 0 Å². The van der Waals surface area contributed by atoms with Crippen LogP contribution in [-0.2, 0) is 0 Å². The van der Waals surface area contributed by atoms with Gasteiger partial charge in [0, 0.05) is 11.6 Å². The van der Waals surface area contributed by atoms with Gasteiger partial charge in [-0.1, -0.05) is 12.1 Å². The van der Waals surface area contributed by atoms with Crippen molar-refractivity contribution in [3.63, 3.8) is 0 Å². The normalized spacial score (nSPS) is 11.5. The van der Waals surface area contributed by atoms with Crippen LogP contribution in [0.3, 0.4) is 0 Å². The number of halogens is 4. The first-order chi connectivity index (χ1) is 12.2. The van der Waals surface area contributed by atoms with Crippen LogP contribution in [0.4, 0.5) is 18.9 Å². The van der Waals surface area contributed by atoms with Crippen LogP contribution in [0.1, 0.15) is 0 Å². The van der Waals surface area contributed by atoms with Crippen molar-refractivity contribution < 1.29 is 22.8 Å². The summed E-state index contributed by atoms with van der Waals surface area (Å²) in [6.07, 6.45) is -5.11. The molecular formula is C15H7BrF3N3O4. The molecule has 0 saturated heterocycles. The van der Waals surface area contributed by atoms with Crippen molar-refractivity contribution in [2.75, 3.05) is 0 Å². The molecule has 7 nitrogen and oxygen atoms in total. The van der Waals surface area contributed by atoms with Crippen LogP contribution >= 0.6 is 15.9 Å². The molecule has 0 unspecified atom stereocenters. The lowest BCUT2D eigenvalue weighted by molar-refractivity contribution is -0.388. The summed E-state index contributed by atoms with van der Waals surface area (Å²) in [6, 6.07) is 8.39. The highest BCUT2D eigenvalue weighted by atomic mass is 79.9. The molecule has 134 valence electrons. The van der Waals surface area contributed by atoms with Gasteiger partial charge in [0.2, 0.25) is 5.75 Å². The number of nitro benzene ring substituents is 1. The molecule has 0 fully saturated rings. The first-order valence-corrected chi connectivity index (χ1v) is 7.68. The number of benzene rings is 2. The Balaban J connectivity index is 2.21. The van der Waals surface area contributed by atoms with Crippen molar-refractivity contribution in [2.45, 2.75) is 6.36 Å². The van der Waals surface area contributed by atoms with Crippen LogP contribution in [0.25, 0.3) is 22.3 Å². The summed E-state index contributed by atoms with van der Waals surface area (Å²) in [5.41, 5.74) is -1.04. The number of aromatic nitrogens is 2. The van der Waals surface area contributed by atoms with E-state index < -0.39 is 28.3 Å². The fraction of sp³-hybridized carbons (Fsp3) is 0.0667. The molecule has 0 bridgehead atoms. The van der Waals surface area contributed by atoms with Gasteiger partial charge in [0.05, 0.1) is 20.3 Å². The van der Waals surface area contributed by atoms with Gasteiger partial charge in [0.25, 0.3) is 5.56 Å². The fourth-order valence-corrected chi connectivity index (χ4v) is 2.82. The molecule has 3 aromatic rings. The predicted molar refractivity (Wildman–Crippen MR) is 88.8 cm³/mol. The molecule has 3 rings (SSSR count). The van der Waals surface area contributed by atoms with Gasteiger partial charge in [-0.05, 0) is 34.1 Å². The molecule has 11 heteroatoms. The molecule has 2 aromatic carbocycles. The minimum Gasteiger partial charge on any atom is -0.397 e. The fourth-order valence-electron chi connectivity index (χ4n) is 2.29. The predicted octanol–water partition coefficient (Wildman–Crippen LogP) is 4.16. The summed E-state index contributed by atoms with van der Waals surface area (Å²) >= 11 is 2.84. The molecular weight excluding hydrogens is 423 g/mol. The number of H-pyrrole nitrogens is 1. The Morgan fingerprint density at radius 1 is 1.23 bits per heavy atom. The topological polar surface area (TPSA) is 98.1 Å². The second-order valence-electron chi connectivity index (χ2n) is 5.04. The Hall–Kier alpha value is -2.95. The largest absolute Gasteiger partial charge is 0.573 e. The summed E-state index contributed by atoms with van der Waals surface area (Å²) in [5, 5.41) is 11.5. The van der Waals surface area contributed by atoms with E-state index in [-0.39, 0.29) is 15.9 Å². The Labute approximate surface area is 150 Å². The summed E-state index contributed by atoms with van der Waals surface area (Å²) in [4.78, 5) is 28.9. The Morgan fingerprint density at radius 2 is 1.92 bits per heavy atom. The number of nitrogens with zero attached hydrogens (tertiary/aromatic N) is 2. The molecule has 1 heterocycles. The molecule has 0 aliphatic carbocycles. The molecule has 0 aliphatic heterocycles. The second kappa shape index (κ2) is 6.41. The summed E-state index contributed by atoms with van der Waals surface area (Å²) < 4.78 is 40.9. The zero-order valence-electron chi connectivity index (χ0n) is 12.5. The van der Waals surface area contributed by atoms with E-state index >= 15 is 0 Å². The number of hydrogen-bond donors (Lipinski definition) is 1. The Morgan fingerprint density at radius 3 is 2.58 bits per heavy atom. The first-order valence-electron chi connectivity index (χ1n) is 6.89. The standard InChI is InChI=1S/C15H7BrF3N3O4/c16-9-5-7(6-11(22(24)25)12(9)26-15(17,18)19)13-20-10-4-2-1-3-8(10)14(23)21-13/h1-6H,(H,20,21,23). The number of hydrogen-bond acceptors (Lipinski definition) is 5. The Bertz CT molecular complexity index is 1080. The zero-order valence-corrected chi connectivity index (χ0v) is 14.1. The Kier molecular flexibility index (Phi) is 4.40. The lowest BCUT2D eigenvalue weighted by Gasteiger charge is -2.12. The van der Waals surface area contributed by atoms with E-state index in [9.17, 15) is 28.1 Å². The van der Waals surface area contributed by atoms with Crippen molar-refractivity contribution in [3.8, 4) is 17.1 Å². The summed E-state index contributed by atoms with van der Waals surface area (Å²) in [6.45, 7) is 0. The quantitative estimate of drug-likeness (QED) is 0.497. The van der Waals surface area contributed by atoms with Crippen LogP contribution in [0.15, 0.2) is 45.7 Å². The van der Waals surface area contributed by atoms with Gasteiger partial charge < -0.3 is 9.72 Å². The molecule has 0 radical (unpaired) electrons. The van der Waals surface area contributed by atoms with Crippen LogP contribution in [0.2, 0.25) is 0 Å². The molecule has 1 N–H and O–H groups in total. The molecule has 0 spiro atoms.